The zero-order valence-electron chi connectivity index (χ0n) is 14.6. The molecule has 6 heteroatoms. The summed E-state index contributed by atoms with van der Waals surface area (Å²) in [6.07, 6.45) is 1.50. The van der Waals surface area contributed by atoms with Gasteiger partial charge in [-0.15, -0.1) is 0 Å². The van der Waals surface area contributed by atoms with Gasteiger partial charge in [0, 0.05) is 11.3 Å². The maximum atomic E-state index is 12.7. The van der Waals surface area contributed by atoms with Crippen LogP contribution in [0.3, 0.4) is 0 Å². The molecule has 2 heterocycles. The number of nitrogens with one attached hydrogen (secondary N) is 1. The molecule has 0 unspecified atom stereocenters. The Bertz CT molecular complexity index is 1200. The van der Waals surface area contributed by atoms with Crippen LogP contribution in [0, 0.1) is 6.92 Å². The second kappa shape index (κ2) is 6.84. The number of carbonyl (C=O) groups is 1. The van der Waals surface area contributed by atoms with Crippen LogP contribution >= 0.6 is 0 Å². The van der Waals surface area contributed by atoms with E-state index >= 15 is 0 Å². The van der Waals surface area contributed by atoms with Gasteiger partial charge in [0.25, 0.3) is 11.5 Å². The Hall–Kier alpha value is -3.80. The first-order valence-electron chi connectivity index (χ1n) is 8.44. The van der Waals surface area contributed by atoms with Gasteiger partial charge in [-0.3, -0.25) is 14.2 Å². The number of aromatic nitrogens is 3. The number of anilines is 1. The highest BCUT2D eigenvalue weighted by atomic mass is 16.1. The number of aryl methyl sites for hydroxylation is 1. The summed E-state index contributed by atoms with van der Waals surface area (Å²) in [5.74, 6) is 0.239. The summed E-state index contributed by atoms with van der Waals surface area (Å²) in [5.41, 5.74) is 2.45. The fourth-order valence-electron chi connectivity index (χ4n) is 2.83. The topological polar surface area (TPSA) is 76.9 Å². The van der Waals surface area contributed by atoms with Crippen molar-refractivity contribution < 1.29 is 4.79 Å². The van der Waals surface area contributed by atoms with E-state index in [1.54, 1.807) is 42.5 Å². The van der Waals surface area contributed by atoms with Gasteiger partial charge in [0.15, 0.2) is 0 Å². The van der Waals surface area contributed by atoms with Crippen LogP contribution < -0.4 is 10.9 Å². The monoisotopic (exact) mass is 356 g/mol. The van der Waals surface area contributed by atoms with E-state index in [9.17, 15) is 9.59 Å². The number of fused-ring (bicyclic) bond motifs is 1. The van der Waals surface area contributed by atoms with Crippen molar-refractivity contribution in [3.63, 3.8) is 0 Å². The number of nitrogens with zero attached hydrogens (tertiary/aromatic N) is 3. The molecule has 4 rings (SSSR count). The summed E-state index contributed by atoms with van der Waals surface area (Å²) in [5, 5.41) is 3.31. The van der Waals surface area contributed by atoms with E-state index in [0.717, 1.165) is 5.69 Å². The van der Waals surface area contributed by atoms with Crippen molar-refractivity contribution in [2.75, 3.05) is 5.32 Å². The Balaban J connectivity index is 1.62. The smallest absolute Gasteiger partial charge is 0.265 e. The zero-order chi connectivity index (χ0) is 18.8. The lowest BCUT2D eigenvalue weighted by Gasteiger charge is -2.08. The third-order valence-electron chi connectivity index (χ3n) is 4.20. The van der Waals surface area contributed by atoms with Gasteiger partial charge in [0.05, 0.1) is 16.6 Å². The molecule has 0 saturated carbocycles. The molecule has 0 atom stereocenters. The van der Waals surface area contributed by atoms with Crippen molar-refractivity contribution in [1.82, 2.24) is 14.5 Å². The van der Waals surface area contributed by atoms with E-state index in [1.807, 2.05) is 31.2 Å². The number of hydrogen-bond donors (Lipinski definition) is 1. The second-order valence-electron chi connectivity index (χ2n) is 6.10. The van der Waals surface area contributed by atoms with Gasteiger partial charge >= 0.3 is 0 Å². The van der Waals surface area contributed by atoms with Gasteiger partial charge in [0.1, 0.15) is 12.1 Å². The third kappa shape index (κ3) is 3.32. The molecule has 0 saturated heterocycles. The molecule has 27 heavy (non-hydrogen) atoms. The summed E-state index contributed by atoms with van der Waals surface area (Å²) in [7, 11) is 0. The number of rotatable bonds is 3. The number of para-hydroxylation sites is 1. The predicted molar refractivity (Wildman–Crippen MR) is 104 cm³/mol. The lowest BCUT2D eigenvalue weighted by Crippen LogP contribution is -2.19. The van der Waals surface area contributed by atoms with Crippen molar-refractivity contribution in [3.05, 3.63) is 94.7 Å². The summed E-state index contributed by atoms with van der Waals surface area (Å²) < 4.78 is 1.46. The predicted octanol–water partition coefficient (Wildman–Crippen LogP) is 3.34. The van der Waals surface area contributed by atoms with E-state index in [2.05, 4.69) is 15.3 Å². The number of carbonyl (C=O) groups excluding carboxylic acids is 1. The molecule has 4 aromatic rings. The lowest BCUT2D eigenvalue weighted by molar-refractivity contribution is 0.102. The van der Waals surface area contributed by atoms with Crippen LogP contribution in [0.15, 0.2) is 77.9 Å². The minimum absolute atomic E-state index is 0.151. The molecular formula is C21H16N4O2. The molecular weight excluding hydrogens is 340 g/mol. The number of amides is 1. The second-order valence-corrected chi connectivity index (χ2v) is 6.10. The molecule has 0 radical (unpaired) electrons. The van der Waals surface area contributed by atoms with E-state index < -0.39 is 0 Å². The van der Waals surface area contributed by atoms with Crippen molar-refractivity contribution in [1.29, 1.82) is 0 Å². The Morgan fingerprint density at radius 1 is 0.963 bits per heavy atom. The minimum Gasteiger partial charge on any atom is -0.307 e. The Morgan fingerprint density at radius 2 is 1.74 bits per heavy atom. The van der Waals surface area contributed by atoms with Gasteiger partial charge in [-0.2, -0.15) is 0 Å². The van der Waals surface area contributed by atoms with Gasteiger partial charge < -0.3 is 5.32 Å². The molecule has 0 spiro atoms. The average Bonchev–Trinajstić information content (AvgIpc) is 2.69. The Labute approximate surface area is 155 Å². The highest BCUT2D eigenvalue weighted by Gasteiger charge is 2.09. The van der Waals surface area contributed by atoms with Crippen LogP contribution in [0.5, 0.6) is 0 Å². The summed E-state index contributed by atoms with van der Waals surface area (Å²) in [6.45, 7) is 1.86. The minimum atomic E-state index is -0.261. The maximum absolute atomic E-state index is 12.7. The number of benzene rings is 2. The summed E-state index contributed by atoms with van der Waals surface area (Å²) >= 11 is 0. The van der Waals surface area contributed by atoms with Crippen LogP contribution in [0.25, 0.3) is 16.6 Å². The Kier molecular flexibility index (Phi) is 4.22. The molecule has 1 N–H and O–H groups in total. The van der Waals surface area contributed by atoms with E-state index in [0.29, 0.717) is 28.0 Å². The molecule has 0 aliphatic rings. The molecule has 0 bridgehead atoms. The van der Waals surface area contributed by atoms with Crippen LogP contribution in [-0.2, 0) is 0 Å². The standard InChI is InChI=1S/C21H16N4O2/c1-14-5-4-8-19(23-14)24-20(26)15-9-11-16(12-10-15)25-13-22-18-7-3-2-6-17(18)21(25)27/h2-13H,1H3,(H,23,24,26). The van der Waals surface area contributed by atoms with Crippen LogP contribution in [-0.4, -0.2) is 20.4 Å². The average molecular weight is 356 g/mol. The summed E-state index contributed by atoms with van der Waals surface area (Å²) in [6, 6.07) is 19.4. The van der Waals surface area contributed by atoms with Crippen LogP contribution in [0.1, 0.15) is 16.1 Å². The van der Waals surface area contributed by atoms with Gasteiger partial charge in [-0.25, -0.2) is 9.97 Å². The Morgan fingerprint density at radius 3 is 2.52 bits per heavy atom. The van der Waals surface area contributed by atoms with Gasteiger partial charge in [-0.05, 0) is 55.5 Å². The highest BCUT2D eigenvalue weighted by Crippen LogP contribution is 2.12. The van der Waals surface area contributed by atoms with Crippen molar-refractivity contribution >= 4 is 22.6 Å². The normalized spacial score (nSPS) is 10.7. The molecule has 0 fully saturated rings. The highest BCUT2D eigenvalue weighted by molar-refractivity contribution is 6.03. The van der Waals surface area contributed by atoms with E-state index in [1.165, 1.54) is 10.9 Å². The van der Waals surface area contributed by atoms with E-state index in [4.69, 9.17) is 0 Å². The van der Waals surface area contributed by atoms with E-state index in [-0.39, 0.29) is 11.5 Å². The van der Waals surface area contributed by atoms with Crippen molar-refractivity contribution in [3.8, 4) is 5.69 Å². The van der Waals surface area contributed by atoms with Crippen molar-refractivity contribution in [2.45, 2.75) is 6.92 Å². The molecule has 1 amide bonds. The zero-order valence-corrected chi connectivity index (χ0v) is 14.6. The summed E-state index contributed by atoms with van der Waals surface area (Å²) in [4.78, 5) is 33.6. The molecule has 2 aromatic heterocycles. The van der Waals surface area contributed by atoms with Gasteiger partial charge in [-0.1, -0.05) is 18.2 Å². The largest absolute Gasteiger partial charge is 0.307 e. The lowest BCUT2D eigenvalue weighted by atomic mass is 10.2. The number of hydrogen-bond acceptors (Lipinski definition) is 4. The fraction of sp³-hybridized carbons (Fsp3) is 0.0476. The number of pyridine rings is 1. The fourth-order valence-corrected chi connectivity index (χ4v) is 2.83. The maximum Gasteiger partial charge on any atom is 0.265 e. The molecule has 0 aliphatic carbocycles. The van der Waals surface area contributed by atoms with Crippen molar-refractivity contribution in [2.24, 2.45) is 0 Å². The molecule has 6 nitrogen and oxygen atoms in total. The first-order chi connectivity index (χ1) is 13.1. The molecule has 0 aliphatic heterocycles. The van der Waals surface area contributed by atoms with Gasteiger partial charge in [0.2, 0.25) is 0 Å². The first-order valence-corrected chi connectivity index (χ1v) is 8.44. The third-order valence-corrected chi connectivity index (χ3v) is 4.20. The van der Waals surface area contributed by atoms with Crippen LogP contribution in [0.2, 0.25) is 0 Å². The first kappa shape index (κ1) is 16.7. The molecule has 132 valence electrons. The van der Waals surface area contributed by atoms with Crippen LogP contribution in [0.4, 0.5) is 5.82 Å². The SMILES string of the molecule is Cc1cccc(NC(=O)c2ccc(-n3cnc4ccccc4c3=O)cc2)n1. The quantitative estimate of drug-likeness (QED) is 0.611. The molecule has 2 aromatic carbocycles.